The number of aromatic nitrogens is 1. The molecule has 0 aliphatic carbocycles. The number of amides is 1. The van der Waals surface area contributed by atoms with E-state index in [0.717, 1.165) is 17.6 Å². The van der Waals surface area contributed by atoms with Crippen LogP contribution in [0.4, 0.5) is 0 Å². The summed E-state index contributed by atoms with van der Waals surface area (Å²) in [6, 6.07) is 7.84. The van der Waals surface area contributed by atoms with Gasteiger partial charge in [-0.3, -0.25) is 9.59 Å². The number of para-hydroxylation sites is 1. The number of hydrogen-bond donors (Lipinski definition) is 2. The first-order valence-electron chi connectivity index (χ1n) is 7.41. The number of hydrogen-bond acceptors (Lipinski definition) is 3. The van der Waals surface area contributed by atoms with Crippen LogP contribution in [0.3, 0.4) is 0 Å². The van der Waals surface area contributed by atoms with Crippen LogP contribution in [0.5, 0.6) is 0 Å². The molecule has 1 aromatic heterocycles. The number of aliphatic hydroxyl groups excluding tert-OH is 1. The van der Waals surface area contributed by atoms with Crippen LogP contribution in [0.1, 0.15) is 30.6 Å². The van der Waals surface area contributed by atoms with E-state index in [4.69, 9.17) is 0 Å². The van der Waals surface area contributed by atoms with Crippen LogP contribution in [0.2, 0.25) is 0 Å². The van der Waals surface area contributed by atoms with Gasteiger partial charge in [0.2, 0.25) is 0 Å². The summed E-state index contributed by atoms with van der Waals surface area (Å²) in [5, 5.41) is 11.3. The molecule has 4 rings (SSSR count). The third kappa shape index (κ3) is 1.65. The molecule has 1 aromatic carbocycles. The van der Waals surface area contributed by atoms with Gasteiger partial charge in [0.05, 0.1) is 6.04 Å². The highest BCUT2D eigenvalue weighted by Gasteiger charge is 2.41. The molecule has 5 nitrogen and oxygen atoms in total. The molecule has 0 saturated carbocycles. The summed E-state index contributed by atoms with van der Waals surface area (Å²) in [5.74, 6) is -0.820. The van der Waals surface area contributed by atoms with E-state index in [-0.39, 0.29) is 29.1 Å². The standard InChI is InChI=1S/C17H16N2O3/c1-9(20)15-14(21)8-13-16-11(6-7-19(13)17(15)22)10-4-2-3-5-12(10)18-16/h2-5,13,18,21H,6-8H2,1H3. The number of H-pyrrole nitrogens is 1. The number of carbonyl (C=O) groups is 2. The van der Waals surface area contributed by atoms with Gasteiger partial charge < -0.3 is 15.0 Å². The number of aromatic amines is 1. The van der Waals surface area contributed by atoms with Gasteiger partial charge in [0.1, 0.15) is 11.3 Å². The van der Waals surface area contributed by atoms with Crippen LogP contribution in [0.15, 0.2) is 35.6 Å². The Balaban J connectivity index is 1.87. The molecule has 2 aliphatic heterocycles. The highest BCUT2D eigenvalue weighted by atomic mass is 16.3. The zero-order valence-corrected chi connectivity index (χ0v) is 12.2. The summed E-state index contributed by atoms with van der Waals surface area (Å²) in [6.07, 6.45) is 1.05. The number of nitrogens with one attached hydrogen (secondary N) is 1. The van der Waals surface area contributed by atoms with Crippen molar-refractivity contribution in [2.45, 2.75) is 25.8 Å². The first-order chi connectivity index (χ1) is 10.6. The van der Waals surface area contributed by atoms with Crippen molar-refractivity contribution in [1.82, 2.24) is 9.88 Å². The molecular weight excluding hydrogens is 280 g/mol. The van der Waals surface area contributed by atoms with Crippen molar-refractivity contribution >= 4 is 22.6 Å². The molecule has 0 bridgehead atoms. The first-order valence-corrected chi connectivity index (χ1v) is 7.41. The van der Waals surface area contributed by atoms with Gasteiger partial charge in [-0.25, -0.2) is 0 Å². The number of nitrogens with zero attached hydrogens (tertiary/aromatic N) is 1. The molecule has 0 spiro atoms. The predicted octanol–water partition coefficient (Wildman–Crippen LogP) is 2.40. The van der Waals surface area contributed by atoms with Gasteiger partial charge in [-0.2, -0.15) is 0 Å². The quantitative estimate of drug-likeness (QED) is 0.794. The molecule has 112 valence electrons. The Bertz CT molecular complexity index is 847. The predicted molar refractivity (Wildman–Crippen MR) is 81.4 cm³/mol. The lowest BCUT2D eigenvalue weighted by Crippen LogP contribution is -2.45. The molecule has 2 aromatic rings. The lowest BCUT2D eigenvalue weighted by molar-refractivity contribution is -0.133. The molecule has 22 heavy (non-hydrogen) atoms. The maximum absolute atomic E-state index is 12.5. The second kappa shape index (κ2) is 4.47. The Morgan fingerprint density at radius 1 is 1.36 bits per heavy atom. The van der Waals surface area contributed by atoms with Gasteiger partial charge in [0, 0.05) is 29.6 Å². The fraction of sp³-hybridized carbons (Fsp3) is 0.294. The van der Waals surface area contributed by atoms with E-state index in [1.807, 2.05) is 18.2 Å². The van der Waals surface area contributed by atoms with Crippen molar-refractivity contribution < 1.29 is 14.7 Å². The topological polar surface area (TPSA) is 73.4 Å². The monoisotopic (exact) mass is 296 g/mol. The minimum Gasteiger partial charge on any atom is -0.511 e. The van der Waals surface area contributed by atoms with Crippen molar-refractivity contribution in [3.63, 3.8) is 0 Å². The fourth-order valence-electron chi connectivity index (χ4n) is 3.68. The van der Waals surface area contributed by atoms with E-state index in [1.165, 1.54) is 17.9 Å². The number of fused-ring (bicyclic) bond motifs is 5. The van der Waals surface area contributed by atoms with Crippen LogP contribution in [0.25, 0.3) is 10.9 Å². The average Bonchev–Trinajstić information content (AvgIpc) is 2.86. The van der Waals surface area contributed by atoms with Crippen LogP contribution >= 0.6 is 0 Å². The minimum absolute atomic E-state index is 0.0594. The molecule has 1 unspecified atom stereocenters. The summed E-state index contributed by atoms with van der Waals surface area (Å²) in [5.41, 5.74) is 3.18. The summed E-state index contributed by atoms with van der Waals surface area (Å²) in [4.78, 5) is 29.2. The van der Waals surface area contributed by atoms with Crippen molar-refractivity contribution in [3.8, 4) is 0 Å². The smallest absolute Gasteiger partial charge is 0.261 e. The zero-order chi connectivity index (χ0) is 15.4. The van der Waals surface area contributed by atoms with E-state index in [9.17, 15) is 14.7 Å². The fourth-order valence-corrected chi connectivity index (χ4v) is 3.68. The van der Waals surface area contributed by atoms with Crippen molar-refractivity contribution in [2.24, 2.45) is 0 Å². The van der Waals surface area contributed by atoms with Gasteiger partial charge in [0.25, 0.3) is 5.91 Å². The second-order valence-electron chi connectivity index (χ2n) is 5.91. The number of rotatable bonds is 1. The highest BCUT2D eigenvalue weighted by Crippen LogP contribution is 2.41. The molecule has 0 fully saturated rings. The number of Topliss-reactive ketones (excluding diaryl/α,β-unsaturated/α-hetero) is 1. The van der Waals surface area contributed by atoms with E-state index in [0.29, 0.717) is 13.0 Å². The largest absolute Gasteiger partial charge is 0.511 e. The zero-order valence-electron chi connectivity index (χ0n) is 12.2. The van der Waals surface area contributed by atoms with Crippen LogP contribution in [0, 0.1) is 0 Å². The number of benzene rings is 1. The molecule has 1 atom stereocenters. The Hall–Kier alpha value is -2.56. The molecule has 5 heteroatoms. The number of aliphatic hydroxyl groups is 1. The van der Waals surface area contributed by atoms with Crippen molar-refractivity contribution in [1.29, 1.82) is 0 Å². The maximum atomic E-state index is 12.5. The average molecular weight is 296 g/mol. The SMILES string of the molecule is CC(=O)C1=C(O)CC2c3[nH]c4ccccc4c3CCN2C1=O. The summed E-state index contributed by atoms with van der Waals surface area (Å²) >= 11 is 0. The molecule has 2 aliphatic rings. The Morgan fingerprint density at radius 3 is 2.91 bits per heavy atom. The van der Waals surface area contributed by atoms with Gasteiger partial charge in [-0.05, 0) is 25.0 Å². The Morgan fingerprint density at radius 2 is 2.14 bits per heavy atom. The molecular formula is C17H16N2O3. The Labute approximate surface area is 127 Å². The van der Waals surface area contributed by atoms with Crippen molar-refractivity contribution in [3.05, 3.63) is 46.9 Å². The third-order valence-corrected chi connectivity index (χ3v) is 4.66. The van der Waals surface area contributed by atoms with E-state index in [2.05, 4.69) is 11.1 Å². The van der Waals surface area contributed by atoms with Gasteiger partial charge in [-0.15, -0.1) is 0 Å². The van der Waals surface area contributed by atoms with Gasteiger partial charge in [0.15, 0.2) is 5.78 Å². The second-order valence-corrected chi connectivity index (χ2v) is 5.91. The minimum atomic E-state index is -0.372. The summed E-state index contributed by atoms with van der Waals surface area (Å²) in [6.45, 7) is 1.89. The molecule has 0 radical (unpaired) electrons. The summed E-state index contributed by atoms with van der Waals surface area (Å²) < 4.78 is 0. The first kappa shape index (κ1) is 13.1. The lowest BCUT2D eigenvalue weighted by Gasteiger charge is -2.39. The van der Waals surface area contributed by atoms with Crippen LogP contribution in [-0.2, 0) is 16.0 Å². The van der Waals surface area contributed by atoms with Gasteiger partial charge in [-0.1, -0.05) is 18.2 Å². The molecule has 2 N–H and O–H groups in total. The third-order valence-electron chi connectivity index (χ3n) is 4.66. The maximum Gasteiger partial charge on any atom is 0.261 e. The van der Waals surface area contributed by atoms with Crippen LogP contribution < -0.4 is 0 Å². The van der Waals surface area contributed by atoms with E-state index < -0.39 is 0 Å². The van der Waals surface area contributed by atoms with Crippen LogP contribution in [-0.4, -0.2) is 33.2 Å². The number of carbonyl (C=O) groups excluding carboxylic acids is 2. The molecule has 1 amide bonds. The lowest BCUT2D eigenvalue weighted by atomic mass is 9.89. The molecule has 0 saturated heterocycles. The number of ketones is 1. The highest BCUT2D eigenvalue weighted by molar-refractivity contribution is 6.19. The van der Waals surface area contributed by atoms with Crippen molar-refractivity contribution in [2.75, 3.05) is 6.54 Å². The normalized spacial score (nSPS) is 21.0. The Kier molecular flexibility index (Phi) is 2.66. The van der Waals surface area contributed by atoms with E-state index >= 15 is 0 Å². The summed E-state index contributed by atoms with van der Waals surface area (Å²) in [7, 11) is 0. The molecule has 3 heterocycles. The van der Waals surface area contributed by atoms with Gasteiger partial charge >= 0.3 is 0 Å². The van der Waals surface area contributed by atoms with E-state index in [1.54, 1.807) is 4.90 Å².